The lowest BCUT2D eigenvalue weighted by Crippen LogP contribution is -2.43. The predicted molar refractivity (Wildman–Crippen MR) is 56.7 cm³/mol. The monoisotopic (exact) mass is 193 g/mol. The minimum absolute atomic E-state index is 0.113. The first-order valence-electron chi connectivity index (χ1n) is 5.55. The normalized spacial score (nSPS) is 39.4. The highest BCUT2D eigenvalue weighted by Gasteiger charge is 2.45. The van der Waals surface area contributed by atoms with Gasteiger partial charge in [-0.05, 0) is 30.1 Å². The highest BCUT2D eigenvalue weighted by atomic mass is 16.1. The number of hydrogen-bond acceptors (Lipinski definition) is 1. The van der Waals surface area contributed by atoms with Crippen LogP contribution in [0.3, 0.4) is 0 Å². The van der Waals surface area contributed by atoms with Crippen LogP contribution in [0, 0.1) is 23.7 Å². The second-order valence-electron chi connectivity index (χ2n) is 5.00. The highest BCUT2D eigenvalue weighted by molar-refractivity contribution is 5.73. The van der Waals surface area contributed by atoms with Crippen molar-refractivity contribution >= 4 is 5.91 Å². The maximum absolute atomic E-state index is 11.1. The van der Waals surface area contributed by atoms with Crippen LogP contribution in [-0.4, -0.2) is 11.9 Å². The van der Waals surface area contributed by atoms with Crippen molar-refractivity contribution in [2.75, 3.05) is 0 Å². The summed E-state index contributed by atoms with van der Waals surface area (Å²) in [5.74, 6) is 2.72. The Kier molecular flexibility index (Phi) is 2.38. The predicted octanol–water partition coefficient (Wildman–Crippen LogP) is 1.97. The number of allylic oxidation sites excluding steroid dienone is 1. The van der Waals surface area contributed by atoms with Gasteiger partial charge in [0.25, 0.3) is 0 Å². The van der Waals surface area contributed by atoms with E-state index in [4.69, 9.17) is 0 Å². The molecule has 0 aromatic carbocycles. The van der Waals surface area contributed by atoms with Crippen LogP contribution in [0.25, 0.3) is 0 Å². The zero-order valence-electron chi connectivity index (χ0n) is 9.16. The van der Waals surface area contributed by atoms with E-state index < -0.39 is 0 Å². The number of fused-ring (bicyclic) bond motifs is 2. The fraction of sp³-hybridized carbons (Fsp3) is 0.750. The van der Waals surface area contributed by atoms with E-state index in [2.05, 4.69) is 31.3 Å². The van der Waals surface area contributed by atoms with E-state index >= 15 is 0 Å². The maximum Gasteiger partial charge on any atom is 0.217 e. The van der Waals surface area contributed by atoms with Crippen LogP contribution in [0.2, 0.25) is 0 Å². The topological polar surface area (TPSA) is 29.1 Å². The summed E-state index contributed by atoms with van der Waals surface area (Å²) in [5.41, 5.74) is 0. The van der Waals surface area contributed by atoms with Crippen molar-refractivity contribution in [2.24, 2.45) is 23.7 Å². The Bertz CT molecular complexity index is 269. The lowest BCUT2D eigenvalue weighted by Gasteiger charge is -2.31. The summed E-state index contributed by atoms with van der Waals surface area (Å²) in [6.45, 7) is 6.13. The molecule has 0 aromatic heterocycles. The Labute approximate surface area is 85.8 Å². The lowest BCUT2D eigenvalue weighted by molar-refractivity contribution is -0.120. The summed E-state index contributed by atoms with van der Waals surface area (Å²) in [6.07, 6.45) is 5.87. The molecule has 1 saturated carbocycles. The summed E-state index contributed by atoms with van der Waals surface area (Å²) >= 11 is 0. The van der Waals surface area contributed by atoms with Crippen LogP contribution in [-0.2, 0) is 4.79 Å². The largest absolute Gasteiger partial charge is 0.353 e. The fourth-order valence-electron chi connectivity index (χ4n) is 3.21. The molecule has 14 heavy (non-hydrogen) atoms. The molecule has 2 bridgehead atoms. The maximum atomic E-state index is 11.1. The Balaban J connectivity index is 2.14. The van der Waals surface area contributed by atoms with E-state index in [0.29, 0.717) is 29.7 Å². The van der Waals surface area contributed by atoms with Gasteiger partial charge in [0.15, 0.2) is 0 Å². The molecule has 0 saturated heterocycles. The van der Waals surface area contributed by atoms with E-state index in [1.165, 1.54) is 6.42 Å². The molecule has 1 N–H and O–H groups in total. The Morgan fingerprint density at radius 1 is 1.36 bits per heavy atom. The first-order valence-corrected chi connectivity index (χ1v) is 5.55. The van der Waals surface area contributed by atoms with Crippen LogP contribution in [0.5, 0.6) is 0 Å². The van der Waals surface area contributed by atoms with E-state index in [1.54, 1.807) is 6.92 Å². The molecule has 2 rings (SSSR count). The molecule has 2 unspecified atom stereocenters. The van der Waals surface area contributed by atoms with Gasteiger partial charge in [-0.25, -0.2) is 0 Å². The number of amides is 1. The summed E-state index contributed by atoms with van der Waals surface area (Å²) in [7, 11) is 0. The second-order valence-corrected chi connectivity index (χ2v) is 5.00. The van der Waals surface area contributed by atoms with Gasteiger partial charge in [-0.2, -0.15) is 0 Å². The average molecular weight is 193 g/mol. The van der Waals surface area contributed by atoms with Crippen molar-refractivity contribution in [2.45, 2.75) is 33.2 Å². The van der Waals surface area contributed by atoms with Gasteiger partial charge in [-0.15, -0.1) is 0 Å². The van der Waals surface area contributed by atoms with Gasteiger partial charge >= 0.3 is 0 Å². The zero-order valence-corrected chi connectivity index (χ0v) is 9.16. The van der Waals surface area contributed by atoms with Crippen LogP contribution in [0.4, 0.5) is 0 Å². The van der Waals surface area contributed by atoms with Crippen LogP contribution >= 0.6 is 0 Å². The van der Waals surface area contributed by atoms with Gasteiger partial charge < -0.3 is 5.32 Å². The Morgan fingerprint density at radius 3 is 2.57 bits per heavy atom. The van der Waals surface area contributed by atoms with Gasteiger partial charge in [0, 0.05) is 13.0 Å². The summed E-state index contributed by atoms with van der Waals surface area (Å²) in [6, 6.07) is 0.391. The number of nitrogens with one attached hydrogen (secondary N) is 1. The highest BCUT2D eigenvalue weighted by Crippen LogP contribution is 2.46. The lowest BCUT2D eigenvalue weighted by atomic mass is 9.80. The van der Waals surface area contributed by atoms with E-state index in [1.807, 2.05) is 0 Å². The fourth-order valence-corrected chi connectivity index (χ4v) is 3.21. The number of carbonyl (C=O) groups excluding carboxylic acids is 1. The third-order valence-electron chi connectivity index (χ3n) is 3.66. The molecule has 2 heteroatoms. The van der Waals surface area contributed by atoms with Crippen molar-refractivity contribution in [3.05, 3.63) is 12.2 Å². The second kappa shape index (κ2) is 3.41. The van der Waals surface area contributed by atoms with Crippen molar-refractivity contribution in [1.29, 1.82) is 0 Å². The summed E-state index contributed by atoms with van der Waals surface area (Å²) in [5, 5.41) is 3.11. The number of carbonyl (C=O) groups is 1. The van der Waals surface area contributed by atoms with E-state index in [9.17, 15) is 4.79 Å². The molecular weight excluding hydrogens is 174 g/mol. The van der Waals surface area contributed by atoms with Crippen LogP contribution < -0.4 is 5.32 Å². The first-order chi connectivity index (χ1) is 6.59. The zero-order chi connectivity index (χ0) is 10.3. The molecule has 1 fully saturated rings. The van der Waals surface area contributed by atoms with Crippen molar-refractivity contribution in [1.82, 2.24) is 5.32 Å². The smallest absolute Gasteiger partial charge is 0.217 e. The minimum Gasteiger partial charge on any atom is -0.353 e. The van der Waals surface area contributed by atoms with Gasteiger partial charge in [0.2, 0.25) is 5.91 Å². The molecule has 1 amide bonds. The van der Waals surface area contributed by atoms with Crippen molar-refractivity contribution < 1.29 is 4.79 Å². The van der Waals surface area contributed by atoms with E-state index in [-0.39, 0.29) is 5.91 Å². The third-order valence-corrected chi connectivity index (χ3v) is 3.66. The molecule has 2 aliphatic rings. The molecule has 0 aliphatic heterocycles. The quantitative estimate of drug-likeness (QED) is 0.667. The van der Waals surface area contributed by atoms with Crippen LogP contribution in [0.1, 0.15) is 27.2 Å². The van der Waals surface area contributed by atoms with Crippen LogP contribution in [0.15, 0.2) is 12.2 Å². The SMILES string of the molecule is CC(=O)N[C@@H]1C2C=CC(C2)[C@H]1C(C)C. The van der Waals surface area contributed by atoms with Crippen molar-refractivity contribution in [3.63, 3.8) is 0 Å². The van der Waals surface area contributed by atoms with Gasteiger partial charge in [0.1, 0.15) is 0 Å². The molecule has 2 nitrogen and oxygen atoms in total. The summed E-state index contributed by atoms with van der Waals surface area (Å²) in [4.78, 5) is 11.1. The van der Waals surface area contributed by atoms with Gasteiger partial charge in [-0.3, -0.25) is 4.79 Å². The average Bonchev–Trinajstić information content (AvgIpc) is 2.61. The number of hydrogen-bond donors (Lipinski definition) is 1. The van der Waals surface area contributed by atoms with E-state index in [0.717, 1.165) is 0 Å². The Hall–Kier alpha value is -0.790. The molecular formula is C12H19NO. The van der Waals surface area contributed by atoms with Gasteiger partial charge in [-0.1, -0.05) is 26.0 Å². The standard InChI is InChI=1S/C12H19NO/c1-7(2)11-9-4-5-10(6-9)12(11)13-8(3)14/h4-5,7,9-12H,6H2,1-3H3,(H,13,14)/t9?,10?,11-,12-/m1/s1. The molecule has 0 aromatic rings. The molecule has 0 spiro atoms. The molecule has 4 atom stereocenters. The molecule has 0 heterocycles. The Morgan fingerprint density at radius 2 is 2.00 bits per heavy atom. The minimum atomic E-state index is 0.113. The first kappa shape index (κ1) is 9.75. The molecule has 78 valence electrons. The summed E-state index contributed by atoms with van der Waals surface area (Å²) < 4.78 is 0. The van der Waals surface area contributed by atoms with Gasteiger partial charge in [0.05, 0.1) is 0 Å². The molecule has 0 radical (unpaired) electrons. The van der Waals surface area contributed by atoms with Crippen molar-refractivity contribution in [3.8, 4) is 0 Å². The third kappa shape index (κ3) is 1.47. The molecule has 2 aliphatic carbocycles. The number of rotatable bonds is 2.